The van der Waals surface area contributed by atoms with Crippen molar-refractivity contribution in [1.82, 2.24) is 0 Å². The topological polar surface area (TPSA) is 26.3 Å². The smallest absolute Gasteiger partial charge is 0.228 e. The average molecular weight is 307 g/mol. The molecular weight excluding hydrogens is 302 g/mol. The fourth-order valence-electron chi connectivity index (χ4n) is 0.186. The van der Waals surface area contributed by atoms with Gasteiger partial charge in [-0.05, 0) is 6.92 Å². The number of rotatable bonds is 2. The molecule has 0 rings (SSSR count). The van der Waals surface area contributed by atoms with Crippen LogP contribution in [0.2, 0.25) is 0 Å². The molecule has 0 bridgehead atoms. The van der Waals surface area contributed by atoms with Gasteiger partial charge in [-0.1, -0.05) is 0 Å². The van der Waals surface area contributed by atoms with Gasteiger partial charge in [-0.25, -0.2) is 0 Å². The van der Waals surface area contributed by atoms with Gasteiger partial charge in [-0.2, -0.15) is 0 Å². The Hall–Kier alpha value is -0.112. The van der Waals surface area contributed by atoms with Gasteiger partial charge in [-0.3, -0.25) is 4.79 Å². The molecule has 0 spiro atoms. The Balaban J connectivity index is 0. The van der Waals surface area contributed by atoms with Crippen LogP contribution in [0.4, 0.5) is 8.78 Å². The second-order valence-corrected chi connectivity index (χ2v) is 0.981. The van der Waals surface area contributed by atoms with Crippen LogP contribution in [0.25, 0.3) is 0 Å². The third-order valence-corrected chi connectivity index (χ3v) is 0.430. The van der Waals surface area contributed by atoms with E-state index in [0.717, 1.165) is 0 Å². The van der Waals surface area contributed by atoms with E-state index in [1.54, 1.807) is 0 Å². The quantitative estimate of drug-likeness (QED) is 0.561. The first-order chi connectivity index (χ1) is 3.68. The summed E-state index contributed by atoms with van der Waals surface area (Å²) in [7, 11) is 0. The van der Waals surface area contributed by atoms with Gasteiger partial charge in [0.25, 0.3) is 0 Å². The molecule has 0 fully saturated rings. The largest absolute Gasteiger partial charge is 0.484 e. The standard InChI is InChI=1S/C4H5F2O2.W/c1-2-8-4(7)3(5)6;/h2H2,1H3;/q-1;. The molecule has 54 valence electrons. The van der Waals surface area contributed by atoms with Crippen molar-refractivity contribution >= 4 is 5.97 Å². The molecule has 0 amide bonds. The Morgan fingerprint density at radius 1 is 1.67 bits per heavy atom. The van der Waals surface area contributed by atoms with E-state index in [0.29, 0.717) is 0 Å². The van der Waals surface area contributed by atoms with E-state index in [2.05, 4.69) is 4.74 Å². The van der Waals surface area contributed by atoms with Crippen LogP contribution in [-0.4, -0.2) is 12.6 Å². The summed E-state index contributed by atoms with van der Waals surface area (Å²) >= 11 is 0. The van der Waals surface area contributed by atoms with Crippen LogP contribution in [0, 0.1) is 6.43 Å². The predicted octanol–water partition coefficient (Wildman–Crippen LogP) is 0.975. The summed E-state index contributed by atoms with van der Waals surface area (Å²) in [4.78, 5) is 9.73. The van der Waals surface area contributed by atoms with Crippen LogP contribution < -0.4 is 0 Å². The average Bonchev–Trinajstić information content (AvgIpc) is 1.67. The van der Waals surface area contributed by atoms with Crippen molar-refractivity contribution in [2.75, 3.05) is 6.61 Å². The summed E-state index contributed by atoms with van der Waals surface area (Å²) < 4.78 is 26.0. The molecule has 9 heavy (non-hydrogen) atoms. The van der Waals surface area contributed by atoms with E-state index in [9.17, 15) is 13.6 Å². The Kier molecular flexibility index (Phi) is 7.79. The Labute approximate surface area is 65.8 Å². The molecule has 0 aromatic heterocycles. The van der Waals surface area contributed by atoms with E-state index in [1.165, 1.54) is 6.92 Å². The molecule has 0 heterocycles. The Morgan fingerprint density at radius 3 is 2.22 bits per heavy atom. The summed E-state index contributed by atoms with van der Waals surface area (Å²) in [6, 6.07) is 0. The minimum Gasteiger partial charge on any atom is -0.484 e. The van der Waals surface area contributed by atoms with Crippen LogP contribution in [-0.2, 0) is 30.6 Å². The van der Waals surface area contributed by atoms with Gasteiger partial charge in [0.1, 0.15) is 0 Å². The van der Waals surface area contributed by atoms with Gasteiger partial charge in [0.15, 0.2) is 0 Å². The van der Waals surface area contributed by atoms with E-state index < -0.39 is 12.4 Å². The Bertz CT molecular complexity index is 86.6. The summed E-state index contributed by atoms with van der Waals surface area (Å²) in [6.45, 7) is 1.44. The number of ether oxygens (including phenoxy) is 1. The molecular formula is C4H5F2O2W-. The fraction of sp³-hybridized carbons (Fsp3) is 0.500. The SMILES string of the molecule is CCOC(=O)[C-](F)F.[W]. The van der Waals surface area contributed by atoms with Crippen molar-refractivity contribution in [2.24, 2.45) is 0 Å². The van der Waals surface area contributed by atoms with Crippen LogP contribution in [0.1, 0.15) is 6.92 Å². The third kappa shape index (κ3) is 5.76. The van der Waals surface area contributed by atoms with Crippen molar-refractivity contribution in [1.29, 1.82) is 0 Å². The monoisotopic (exact) mass is 307 g/mol. The molecule has 0 aromatic rings. The summed E-state index contributed by atoms with van der Waals surface area (Å²) in [5.74, 6) is -1.53. The number of carbonyl (C=O) groups excluding carboxylic acids is 1. The third-order valence-electron chi connectivity index (χ3n) is 0.430. The fourth-order valence-corrected chi connectivity index (χ4v) is 0.186. The molecule has 0 saturated carbocycles. The molecule has 0 saturated heterocycles. The molecule has 0 N–H and O–H groups in total. The zero-order valence-corrected chi connectivity index (χ0v) is 7.62. The molecule has 2 nitrogen and oxygen atoms in total. The van der Waals surface area contributed by atoms with Crippen LogP contribution in [0.5, 0.6) is 0 Å². The van der Waals surface area contributed by atoms with Gasteiger partial charge < -0.3 is 13.5 Å². The number of carbonyl (C=O) groups is 1. The van der Waals surface area contributed by atoms with Crippen LogP contribution in [0.3, 0.4) is 0 Å². The van der Waals surface area contributed by atoms with Gasteiger partial charge in [-0.15, -0.1) is 0 Å². The minimum absolute atomic E-state index is 0. The second kappa shape index (κ2) is 6.02. The molecule has 0 radical (unpaired) electrons. The normalized spacial score (nSPS) is 7.44. The maximum absolute atomic E-state index is 11.1. The van der Waals surface area contributed by atoms with Crippen molar-refractivity contribution < 1.29 is 39.4 Å². The second-order valence-electron chi connectivity index (χ2n) is 0.981. The van der Waals surface area contributed by atoms with Gasteiger partial charge in [0.05, 0.1) is 6.61 Å². The Morgan fingerprint density at radius 2 is 2.11 bits per heavy atom. The molecule has 0 aliphatic carbocycles. The molecule has 0 atom stereocenters. The molecule has 5 heteroatoms. The number of halogens is 2. The first kappa shape index (κ1) is 11.7. The molecule has 0 aliphatic heterocycles. The van der Waals surface area contributed by atoms with E-state index in [-0.39, 0.29) is 27.7 Å². The first-order valence-electron chi connectivity index (χ1n) is 2.03. The minimum atomic E-state index is -2.30. The van der Waals surface area contributed by atoms with Crippen molar-refractivity contribution in [2.45, 2.75) is 6.92 Å². The zero-order valence-electron chi connectivity index (χ0n) is 4.69. The first-order valence-corrected chi connectivity index (χ1v) is 2.03. The van der Waals surface area contributed by atoms with Gasteiger partial charge in [0.2, 0.25) is 5.97 Å². The predicted molar refractivity (Wildman–Crippen MR) is 22.1 cm³/mol. The van der Waals surface area contributed by atoms with E-state index in [1.807, 2.05) is 0 Å². The number of hydrogen-bond donors (Lipinski definition) is 0. The summed E-state index contributed by atoms with van der Waals surface area (Å²) in [6.07, 6.45) is -2.30. The van der Waals surface area contributed by atoms with Gasteiger partial charge in [0, 0.05) is 27.5 Å². The summed E-state index contributed by atoms with van der Waals surface area (Å²) in [5, 5.41) is 0. The van der Waals surface area contributed by atoms with Crippen LogP contribution in [0.15, 0.2) is 0 Å². The van der Waals surface area contributed by atoms with Crippen molar-refractivity contribution in [3.8, 4) is 0 Å². The van der Waals surface area contributed by atoms with E-state index in [4.69, 9.17) is 0 Å². The molecule has 0 aliphatic rings. The number of esters is 1. The van der Waals surface area contributed by atoms with E-state index >= 15 is 0 Å². The zero-order chi connectivity index (χ0) is 6.57. The van der Waals surface area contributed by atoms with Gasteiger partial charge >= 0.3 is 0 Å². The maximum Gasteiger partial charge on any atom is 0.228 e. The summed E-state index contributed by atoms with van der Waals surface area (Å²) in [5.41, 5.74) is 0. The van der Waals surface area contributed by atoms with Crippen molar-refractivity contribution in [3.63, 3.8) is 0 Å². The molecule has 0 unspecified atom stereocenters. The number of hydrogen-bond acceptors (Lipinski definition) is 2. The molecule has 0 aromatic carbocycles. The van der Waals surface area contributed by atoms with Crippen molar-refractivity contribution in [3.05, 3.63) is 6.43 Å². The van der Waals surface area contributed by atoms with Crippen LogP contribution >= 0.6 is 0 Å². The maximum atomic E-state index is 11.1.